The fraction of sp³-hybridized carbons (Fsp3) is 0.667. The Morgan fingerprint density at radius 3 is 2.82 bits per heavy atom. The van der Waals surface area contributed by atoms with Gasteiger partial charge >= 0.3 is 0 Å². The molecule has 0 saturated carbocycles. The van der Waals surface area contributed by atoms with Gasteiger partial charge in [0, 0.05) is 18.6 Å². The van der Waals surface area contributed by atoms with E-state index in [2.05, 4.69) is 11.4 Å². The van der Waals surface area contributed by atoms with Crippen molar-refractivity contribution in [3.05, 3.63) is 21.3 Å². The second-order valence-electron chi connectivity index (χ2n) is 3.66. The summed E-state index contributed by atoms with van der Waals surface area (Å²) in [5.41, 5.74) is 0. The molecule has 1 rings (SSSR count). The van der Waals surface area contributed by atoms with Crippen LogP contribution in [0.5, 0.6) is 0 Å². The first-order chi connectivity index (χ1) is 8.33. The van der Waals surface area contributed by atoms with Crippen LogP contribution in [0.15, 0.2) is 12.1 Å². The van der Waals surface area contributed by atoms with E-state index in [0.29, 0.717) is 13.2 Å². The molecule has 0 spiro atoms. The van der Waals surface area contributed by atoms with Gasteiger partial charge < -0.3 is 14.8 Å². The lowest BCUT2D eigenvalue weighted by Crippen LogP contribution is -2.19. The summed E-state index contributed by atoms with van der Waals surface area (Å²) >= 11 is 7.51. The van der Waals surface area contributed by atoms with Crippen molar-refractivity contribution in [2.45, 2.75) is 12.8 Å². The average Bonchev–Trinajstić information content (AvgIpc) is 2.73. The van der Waals surface area contributed by atoms with Gasteiger partial charge in [0.25, 0.3) is 0 Å². The summed E-state index contributed by atoms with van der Waals surface area (Å²) in [5, 5.41) is 3.39. The third kappa shape index (κ3) is 7.73. The average molecular weight is 278 g/mol. The minimum absolute atomic E-state index is 0.673. The smallest absolute Gasteiger partial charge is 0.0931 e. The molecule has 17 heavy (non-hydrogen) atoms. The zero-order valence-electron chi connectivity index (χ0n) is 10.2. The highest BCUT2D eigenvalue weighted by atomic mass is 35.5. The Bertz CT molecular complexity index is 294. The standard InChI is InChI=1S/C12H20ClNO2S/c1-15-9-10-16-8-2-6-14-7-5-11-3-4-12(13)17-11/h3-4,14H,2,5-10H2,1H3. The number of thiophene rings is 1. The Morgan fingerprint density at radius 2 is 2.12 bits per heavy atom. The minimum Gasteiger partial charge on any atom is -0.382 e. The van der Waals surface area contributed by atoms with E-state index in [4.69, 9.17) is 21.1 Å². The lowest BCUT2D eigenvalue weighted by molar-refractivity contribution is 0.0695. The first-order valence-electron chi connectivity index (χ1n) is 5.84. The maximum atomic E-state index is 5.85. The molecule has 0 aromatic carbocycles. The number of hydrogen-bond donors (Lipinski definition) is 1. The fourth-order valence-corrected chi connectivity index (χ4v) is 2.45. The summed E-state index contributed by atoms with van der Waals surface area (Å²) < 4.78 is 11.1. The molecule has 0 radical (unpaired) electrons. The summed E-state index contributed by atoms with van der Waals surface area (Å²) in [5.74, 6) is 0. The van der Waals surface area contributed by atoms with Crippen LogP contribution in [0.25, 0.3) is 0 Å². The van der Waals surface area contributed by atoms with Gasteiger partial charge in [0.05, 0.1) is 17.6 Å². The van der Waals surface area contributed by atoms with Gasteiger partial charge in [-0.3, -0.25) is 0 Å². The van der Waals surface area contributed by atoms with Crippen LogP contribution in [-0.2, 0) is 15.9 Å². The quantitative estimate of drug-likeness (QED) is 0.667. The van der Waals surface area contributed by atoms with E-state index >= 15 is 0 Å². The van der Waals surface area contributed by atoms with Gasteiger partial charge in [-0.05, 0) is 38.1 Å². The Labute approximate surface area is 112 Å². The van der Waals surface area contributed by atoms with Crippen molar-refractivity contribution in [1.29, 1.82) is 0 Å². The lowest BCUT2D eigenvalue weighted by atomic mass is 10.3. The molecule has 5 heteroatoms. The van der Waals surface area contributed by atoms with Crippen molar-refractivity contribution in [2.24, 2.45) is 0 Å². The van der Waals surface area contributed by atoms with Crippen molar-refractivity contribution in [3.63, 3.8) is 0 Å². The summed E-state index contributed by atoms with van der Waals surface area (Å²) in [4.78, 5) is 1.33. The van der Waals surface area contributed by atoms with E-state index in [1.54, 1.807) is 18.4 Å². The maximum absolute atomic E-state index is 5.85. The summed E-state index contributed by atoms with van der Waals surface area (Å²) in [6.45, 7) is 4.14. The molecule has 1 heterocycles. The Balaban J connectivity index is 1.84. The molecule has 1 aromatic heterocycles. The zero-order valence-corrected chi connectivity index (χ0v) is 11.8. The van der Waals surface area contributed by atoms with Crippen LogP contribution in [0.1, 0.15) is 11.3 Å². The molecule has 98 valence electrons. The van der Waals surface area contributed by atoms with Crippen LogP contribution >= 0.6 is 22.9 Å². The molecule has 0 saturated heterocycles. The number of nitrogens with one attached hydrogen (secondary N) is 1. The highest BCUT2D eigenvalue weighted by Gasteiger charge is 1.97. The fourth-order valence-electron chi connectivity index (χ4n) is 1.37. The topological polar surface area (TPSA) is 30.5 Å². The number of halogens is 1. The van der Waals surface area contributed by atoms with Gasteiger partial charge in [0.1, 0.15) is 0 Å². The van der Waals surface area contributed by atoms with E-state index in [1.165, 1.54) is 4.88 Å². The summed E-state index contributed by atoms with van der Waals surface area (Å²) in [6, 6.07) is 4.04. The second-order valence-corrected chi connectivity index (χ2v) is 5.46. The summed E-state index contributed by atoms with van der Waals surface area (Å²) in [6.07, 6.45) is 2.08. The van der Waals surface area contributed by atoms with E-state index < -0.39 is 0 Å². The van der Waals surface area contributed by atoms with Crippen molar-refractivity contribution in [2.75, 3.05) is 40.0 Å². The second kappa shape index (κ2) is 9.85. The number of ether oxygens (including phenoxy) is 2. The molecule has 0 aliphatic carbocycles. The van der Waals surface area contributed by atoms with E-state index in [0.717, 1.165) is 36.9 Å². The molecule has 0 unspecified atom stereocenters. The Kier molecular flexibility index (Phi) is 8.65. The largest absolute Gasteiger partial charge is 0.382 e. The third-order valence-electron chi connectivity index (χ3n) is 2.25. The molecule has 1 N–H and O–H groups in total. The molecule has 3 nitrogen and oxygen atoms in total. The van der Waals surface area contributed by atoms with Gasteiger partial charge in [-0.25, -0.2) is 0 Å². The van der Waals surface area contributed by atoms with Gasteiger partial charge in [-0.15, -0.1) is 11.3 Å². The van der Waals surface area contributed by atoms with Gasteiger partial charge in [-0.1, -0.05) is 11.6 Å². The van der Waals surface area contributed by atoms with Crippen molar-refractivity contribution in [3.8, 4) is 0 Å². The van der Waals surface area contributed by atoms with Crippen molar-refractivity contribution in [1.82, 2.24) is 5.32 Å². The van der Waals surface area contributed by atoms with Crippen LogP contribution in [-0.4, -0.2) is 40.0 Å². The van der Waals surface area contributed by atoms with Crippen molar-refractivity contribution >= 4 is 22.9 Å². The number of rotatable bonds is 10. The number of hydrogen-bond acceptors (Lipinski definition) is 4. The summed E-state index contributed by atoms with van der Waals surface area (Å²) in [7, 11) is 1.68. The third-order valence-corrected chi connectivity index (χ3v) is 3.54. The predicted molar refractivity (Wildman–Crippen MR) is 73.2 cm³/mol. The molecular formula is C12H20ClNO2S. The van der Waals surface area contributed by atoms with E-state index in [9.17, 15) is 0 Å². The molecule has 0 fully saturated rings. The molecule has 0 amide bonds. The van der Waals surface area contributed by atoms with Gasteiger partial charge in [-0.2, -0.15) is 0 Å². The van der Waals surface area contributed by atoms with Crippen molar-refractivity contribution < 1.29 is 9.47 Å². The zero-order chi connectivity index (χ0) is 12.3. The van der Waals surface area contributed by atoms with Crippen LogP contribution in [0, 0.1) is 0 Å². The molecule has 0 atom stereocenters. The Hall–Kier alpha value is -0.130. The molecular weight excluding hydrogens is 258 g/mol. The normalized spacial score (nSPS) is 10.9. The van der Waals surface area contributed by atoms with Crippen LogP contribution < -0.4 is 5.32 Å². The first-order valence-corrected chi connectivity index (χ1v) is 7.04. The van der Waals surface area contributed by atoms with Gasteiger partial charge in [0.15, 0.2) is 0 Å². The van der Waals surface area contributed by atoms with Crippen LogP contribution in [0.4, 0.5) is 0 Å². The maximum Gasteiger partial charge on any atom is 0.0931 e. The predicted octanol–water partition coefficient (Wildman–Crippen LogP) is 2.59. The highest BCUT2D eigenvalue weighted by Crippen LogP contribution is 2.21. The highest BCUT2D eigenvalue weighted by molar-refractivity contribution is 7.16. The van der Waals surface area contributed by atoms with E-state index in [-0.39, 0.29) is 0 Å². The van der Waals surface area contributed by atoms with Crippen LogP contribution in [0.2, 0.25) is 4.34 Å². The van der Waals surface area contributed by atoms with E-state index in [1.807, 2.05) is 6.07 Å². The minimum atomic E-state index is 0.673. The lowest BCUT2D eigenvalue weighted by Gasteiger charge is -2.05. The number of methoxy groups -OCH3 is 1. The monoisotopic (exact) mass is 277 g/mol. The molecule has 0 bridgehead atoms. The van der Waals surface area contributed by atoms with Crippen LogP contribution in [0.3, 0.4) is 0 Å². The Morgan fingerprint density at radius 1 is 1.24 bits per heavy atom. The SMILES string of the molecule is COCCOCCCNCCc1ccc(Cl)s1. The first kappa shape index (κ1) is 14.9. The molecule has 1 aromatic rings. The van der Waals surface area contributed by atoms with Gasteiger partial charge in [0.2, 0.25) is 0 Å². The molecule has 0 aliphatic heterocycles. The molecule has 0 aliphatic rings.